The molecule has 15 heavy (non-hydrogen) atoms. The van der Waals surface area contributed by atoms with E-state index in [9.17, 15) is 8.42 Å². The molecule has 3 nitrogen and oxygen atoms in total. The molecule has 1 aliphatic heterocycles. The smallest absolute Gasteiger partial charge is 0.164 e. The second-order valence-corrected chi connectivity index (χ2v) is 7.78. The summed E-state index contributed by atoms with van der Waals surface area (Å²) in [5.41, 5.74) is 0. The van der Waals surface area contributed by atoms with Crippen molar-refractivity contribution >= 4 is 33.2 Å². The Morgan fingerprint density at radius 3 is 2.80 bits per heavy atom. The third-order valence-corrected chi connectivity index (χ3v) is 5.71. The van der Waals surface area contributed by atoms with E-state index >= 15 is 0 Å². The molecule has 0 aromatic heterocycles. The first-order chi connectivity index (χ1) is 6.95. The van der Waals surface area contributed by atoms with Crippen molar-refractivity contribution in [3.8, 4) is 0 Å². The molecule has 1 heterocycles. The van der Waals surface area contributed by atoms with Crippen LogP contribution >= 0.6 is 23.4 Å². The number of thioether (sulfide) groups is 1. The van der Waals surface area contributed by atoms with Gasteiger partial charge in [-0.25, -0.2) is 8.42 Å². The van der Waals surface area contributed by atoms with Crippen LogP contribution < -0.4 is 0 Å². The van der Waals surface area contributed by atoms with Crippen molar-refractivity contribution in [2.24, 2.45) is 5.92 Å². The molecule has 0 N–H and O–H groups in total. The van der Waals surface area contributed by atoms with Crippen molar-refractivity contribution in [1.29, 1.82) is 0 Å². The molecular formula is C9H18ClNO2S2. The zero-order chi connectivity index (χ0) is 11.5. The van der Waals surface area contributed by atoms with Crippen molar-refractivity contribution in [1.82, 2.24) is 4.90 Å². The SMILES string of the molecule is CC(CCl)CN1CCSCC1S(C)(=O)=O. The lowest BCUT2D eigenvalue weighted by Gasteiger charge is -2.35. The van der Waals surface area contributed by atoms with E-state index in [-0.39, 0.29) is 5.37 Å². The predicted molar refractivity (Wildman–Crippen MR) is 67.4 cm³/mol. The summed E-state index contributed by atoms with van der Waals surface area (Å²) >= 11 is 7.47. The average molecular weight is 272 g/mol. The van der Waals surface area contributed by atoms with Gasteiger partial charge < -0.3 is 0 Å². The third kappa shape index (κ3) is 4.13. The van der Waals surface area contributed by atoms with E-state index in [1.165, 1.54) is 6.26 Å². The van der Waals surface area contributed by atoms with Crippen LogP contribution in [0.5, 0.6) is 0 Å². The minimum atomic E-state index is -2.97. The van der Waals surface area contributed by atoms with E-state index in [0.717, 1.165) is 18.8 Å². The monoisotopic (exact) mass is 271 g/mol. The van der Waals surface area contributed by atoms with Gasteiger partial charge in [-0.05, 0) is 5.92 Å². The number of alkyl halides is 1. The van der Waals surface area contributed by atoms with E-state index in [4.69, 9.17) is 11.6 Å². The molecule has 90 valence electrons. The number of halogens is 1. The first kappa shape index (κ1) is 13.6. The Kier molecular flexibility index (Phi) is 5.22. The highest BCUT2D eigenvalue weighted by Gasteiger charge is 2.31. The number of sulfone groups is 1. The van der Waals surface area contributed by atoms with Gasteiger partial charge in [0, 0.05) is 36.7 Å². The van der Waals surface area contributed by atoms with Gasteiger partial charge >= 0.3 is 0 Å². The normalized spacial score (nSPS) is 26.5. The Balaban J connectivity index is 2.66. The second-order valence-electron chi connectivity index (χ2n) is 4.11. The number of hydrogen-bond acceptors (Lipinski definition) is 4. The van der Waals surface area contributed by atoms with Crippen molar-refractivity contribution in [3.63, 3.8) is 0 Å². The van der Waals surface area contributed by atoms with E-state index in [2.05, 4.69) is 4.90 Å². The molecule has 2 unspecified atom stereocenters. The standard InChI is InChI=1S/C9H18ClNO2S2/c1-8(5-10)6-11-3-4-14-7-9(11)15(2,12)13/h8-9H,3-7H2,1-2H3. The molecule has 0 amide bonds. The maximum atomic E-state index is 11.6. The first-order valence-electron chi connectivity index (χ1n) is 5.01. The molecule has 1 fully saturated rings. The van der Waals surface area contributed by atoms with Crippen LogP contribution in [0.3, 0.4) is 0 Å². The van der Waals surface area contributed by atoms with Crippen LogP contribution in [-0.4, -0.2) is 55.4 Å². The largest absolute Gasteiger partial charge is 0.285 e. The maximum absolute atomic E-state index is 11.6. The zero-order valence-corrected chi connectivity index (χ0v) is 11.5. The lowest BCUT2D eigenvalue weighted by molar-refractivity contribution is 0.242. The molecule has 6 heteroatoms. The molecule has 0 aromatic carbocycles. The summed E-state index contributed by atoms with van der Waals surface area (Å²) in [6.45, 7) is 3.68. The molecule has 0 saturated carbocycles. The van der Waals surface area contributed by atoms with Gasteiger partial charge in [0.1, 0.15) is 5.37 Å². The first-order valence-corrected chi connectivity index (χ1v) is 8.66. The fourth-order valence-electron chi connectivity index (χ4n) is 1.67. The van der Waals surface area contributed by atoms with Crippen LogP contribution in [0.4, 0.5) is 0 Å². The zero-order valence-electron chi connectivity index (χ0n) is 9.15. The quantitative estimate of drug-likeness (QED) is 0.722. The van der Waals surface area contributed by atoms with Gasteiger partial charge in [-0.1, -0.05) is 6.92 Å². The van der Waals surface area contributed by atoms with E-state index in [0.29, 0.717) is 17.6 Å². The fraction of sp³-hybridized carbons (Fsp3) is 1.00. The summed E-state index contributed by atoms with van der Waals surface area (Å²) in [5.74, 6) is 2.63. The van der Waals surface area contributed by atoms with Gasteiger partial charge in [0.25, 0.3) is 0 Å². The van der Waals surface area contributed by atoms with Gasteiger partial charge in [0.05, 0.1) is 0 Å². The van der Waals surface area contributed by atoms with E-state index < -0.39 is 9.84 Å². The highest BCUT2D eigenvalue weighted by Crippen LogP contribution is 2.21. The van der Waals surface area contributed by atoms with E-state index in [1.54, 1.807) is 11.8 Å². The number of hydrogen-bond donors (Lipinski definition) is 0. The summed E-state index contributed by atoms with van der Waals surface area (Å²) in [5, 5.41) is -0.318. The molecule has 1 rings (SSSR count). The molecule has 0 aromatic rings. The van der Waals surface area contributed by atoms with Gasteiger partial charge in [0.2, 0.25) is 0 Å². The van der Waals surface area contributed by atoms with Crippen LogP contribution in [0.1, 0.15) is 6.92 Å². The summed E-state index contributed by atoms with van der Waals surface area (Å²) in [7, 11) is -2.97. The molecule has 1 saturated heterocycles. The van der Waals surface area contributed by atoms with Crippen LogP contribution in [0.25, 0.3) is 0 Å². The molecule has 0 bridgehead atoms. The van der Waals surface area contributed by atoms with Crippen LogP contribution in [-0.2, 0) is 9.84 Å². The topological polar surface area (TPSA) is 37.4 Å². The second kappa shape index (κ2) is 5.75. The predicted octanol–water partition coefficient (Wildman–Crippen LogP) is 1.28. The number of rotatable bonds is 4. The Bertz CT molecular complexity index is 294. The van der Waals surface area contributed by atoms with Crippen LogP contribution in [0.2, 0.25) is 0 Å². The van der Waals surface area contributed by atoms with Gasteiger partial charge in [0.15, 0.2) is 9.84 Å². The summed E-state index contributed by atoms with van der Waals surface area (Å²) in [6.07, 6.45) is 1.32. The Morgan fingerprint density at radius 2 is 2.27 bits per heavy atom. The highest BCUT2D eigenvalue weighted by atomic mass is 35.5. The molecule has 0 aliphatic carbocycles. The van der Waals surface area contributed by atoms with Gasteiger partial charge in [-0.3, -0.25) is 4.90 Å². The minimum Gasteiger partial charge on any atom is -0.285 e. The Morgan fingerprint density at radius 1 is 1.60 bits per heavy atom. The summed E-state index contributed by atoms with van der Waals surface area (Å²) < 4.78 is 23.2. The number of nitrogens with zero attached hydrogens (tertiary/aromatic N) is 1. The average Bonchev–Trinajstić information content (AvgIpc) is 2.17. The third-order valence-electron chi connectivity index (χ3n) is 2.49. The van der Waals surface area contributed by atoms with Crippen molar-refractivity contribution in [3.05, 3.63) is 0 Å². The fourth-order valence-corrected chi connectivity index (χ4v) is 4.72. The Hall–Kier alpha value is 0.550. The molecule has 0 radical (unpaired) electrons. The van der Waals surface area contributed by atoms with Gasteiger partial charge in [-0.2, -0.15) is 11.8 Å². The molecular weight excluding hydrogens is 254 g/mol. The molecule has 1 aliphatic rings. The van der Waals surface area contributed by atoms with Crippen molar-refractivity contribution in [2.45, 2.75) is 12.3 Å². The van der Waals surface area contributed by atoms with Crippen LogP contribution in [0, 0.1) is 5.92 Å². The summed E-state index contributed by atoms with van der Waals surface area (Å²) in [6, 6.07) is 0. The Labute approximate surface area is 101 Å². The summed E-state index contributed by atoms with van der Waals surface area (Å²) in [4.78, 5) is 2.05. The molecule has 2 atom stereocenters. The lowest BCUT2D eigenvalue weighted by atomic mass is 10.2. The van der Waals surface area contributed by atoms with E-state index in [1.807, 2.05) is 6.92 Å². The lowest BCUT2D eigenvalue weighted by Crippen LogP contribution is -2.48. The maximum Gasteiger partial charge on any atom is 0.164 e. The minimum absolute atomic E-state index is 0.318. The van der Waals surface area contributed by atoms with Crippen molar-refractivity contribution in [2.75, 3.05) is 36.7 Å². The van der Waals surface area contributed by atoms with Gasteiger partial charge in [-0.15, -0.1) is 11.6 Å². The highest BCUT2D eigenvalue weighted by molar-refractivity contribution is 8.00. The van der Waals surface area contributed by atoms with Crippen LogP contribution in [0.15, 0.2) is 0 Å². The van der Waals surface area contributed by atoms with Crippen molar-refractivity contribution < 1.29 is 8.42 Å². The molecule has 0 spiro atoms.